The van der Waals surface area contributed by atoms with Crippen LogP contribution in [0.1, 0.15) is 31.4 Å². The predicted octanol–water partition coefficient (Wildman–Crippen LogP) is 3.45. The van der Waals surface area contributed by atoms with Gasteiger partial charge in [-0.1, -0.05) is 22.0 Å². The number of nitrogens with zero attached hydrogens (tertiary/aromatic N) is 1. The molecular weight excluding hydrogens is 301 g/mol. The largest absolute Gasteiger partial charge is 0.481 e. The molecule has 0 radical (unpaired) electrons. The number of halogens is 2. The van der Waals surface area contributed by atoms with Crippen molar-refractivity contribution in [3.8, 4) is 0 Å². The second-order valence-corrected chi connectivity index (χ2v) is 5.24. The number of carboxylic acids is 1. The van der Waals surface area contributed by atoms with Crippen LogP contribution < -0.4 is 0 Å². The van der Waals surface area contributed by atoms with Gasteiger partial charge in [0.25, 0.3) is 0 Å². The zero-order chi connectivity index (χ0) is 13.7. The second-order valence-electron chi connectivity index (χ2n) is 4.32. The number of benzene rings is 1. The summed E-state index contributed by atoms with van der Waals surface area (Å²) in [5, 5.41) is 8.57. The van der Waals surface area contributed by atoms with Crippen LogP contribution in [0.15, 0.2) is 22.7 Å². The lowest BCUT2D eigenvalue weighted by molar-refractivity contribution is -0.137. The molecule has 0 aromatic heterocycles. The van der Waals surface area contributed by atoms with Gasteiger partial charge < -0.3 is 5.11 Å². The SMILES string of the molecule is CC(c1ccc(Br)cc1F)N(C)CCCC(=O)O. The summed E-state index contributed by atoms with van der Waals surface area (Å²) in [6, 6.07) is 4.92. The van der Waals surface area contributed by atoms with Crippen molar-refractivity contribution in [2.24, 2.45) is 0 Å². The van der Waals surface area contributed by atoms with E-state index in [2.05, 4.69) is 15.9 Å². The van der Waals surface area contributed by atoms with E-state index in [4.69, 9.17) is 5.11 Å². The summed E-state index contributed by atoms with van der Waals surface area (Å²) in [5.41, 5.74) is 0.621. The molecule has 0 bridgehead atoms. The predicted molar refractivity (Wildman–Crippen MR) is 72.0 cm³/mol. The van der Waals surface area contributed by atoms with Crippen LogP contribution in [-0.4, -0.2) is 29.6 Å². The Bertz CT molecular complexity index is 425. The Labute approximate surface area is 115 Å². The number of carbonyl (C=O) groups is 1. The third kappa shape index (κ3) is 4.38. The molecule has 0 heterocycles. The maximum absolute atomic E-state index is 13.8. The fraction of sp³-hybridized carbons (Fsp3) is 0.462. The summed E-state index contributed by atoms with van der Waals surface area (Å²) in [7, 11) is 1.87. The first-order valence-electron chi connectivity index (χ1n) is 5.78. The van der Waals surface area contributed by atoms with Crippen molar-refractivity contribution >= 4 is 21.9 Å². The van der Waals surface area contributed by atoms with Gasteiger partial charge in [0, 0.05) is 22.5 Å². The molecule has 1 atom stereocenters. The molecule has 0 aliphatic heterocycles. The third-order valence-electron chi connectivity index (χ3n) is 2.98. The molecule has 1 aromatic carbocycles. The first-order chi connectivity index (χ1) is 8.41. The molecule has 0 spiro atoms. The highest BCUT2D eigenvalue weighted by Gasteiger charge is 2.15. The van der Waals surface area contributed by atoms with E-state index in [1.54, 1.807) is 12.1 Å². The molecule has 5 heteroatoms. The van der Waals surface area contributed by atoms with Crippen molar-refractivity contribution in [2.75, 3.05) is 13.6 Å². The van der Waals surface area contributed by atoms with Gasteiger partial charge >= 0.3 is 5.97 Å². The van der Waals surface area contributed by atoms with Gasteiger partial charge in [-0.3, -0.25) is 9.69 Å². The first kappa shape index (κ1) is 15.1. The minimum Gasteiger partial charge on any atom is -0.481 e. The maximum atomic E-state index is 13.8. The number of carboxylic acid groups (broad SMARTS) is 1. The molecule has 0 amide bonds. The molecule has 1 rings (SSSR count). The van der Waals surface area contributed by atoms with Crippen LogP contribution in [0.5, 0.6) is 0 Å². The lowest BCUT2D eigenvalue weighted by atomic mass is 10.1. The van der Waals surface area contributed by atoms with E-state index in [1.807, 2.05) is 18.9 Å². The Morgan fingerprint density at radius 1 is 1.56 bits per heavy atom. The van der Waals surface area contributed by atoms with Gasteiger partial charge in [0.05, 0.1) is 0 Å². The van der Waals surface area contributed by atoms with Crippen LogP contribution in [0, 0.1) is 5.82 Å². The number of hydrogen-bond donors (Lipinski definition) is 1. The maximum Gasteiger partial charge on any atom is 0.303 e. The van der Waals surface area contributed by atoms with Crippen LogP contribution in [0.4, 0.5) is 4.39 Å². The molecular formula is C13H17BrFNO2. The standard InChI is InChI=1S/C13H17BrFNO2/c1-9(16(2)7-3-4-13(17)18)11-6-5-10(14)8-12(11)15/h5-6,8-9H,3-4,7H2,1-2H3,(H,17,18). The molecule has 1 N–H and O–H groups in total. The van der Waals surface area contributed by atoms with E-state index in [0.29, 0.717) is 23.0 Å². The molecule has 3 nitrogen and oxygen atoms in total. The van der Waals surface area contributed by atoms with Crippen molar-refractivity contribution in [1.29, 1.82) is 0 Å². The van der Waals surface area contributed by atoms with Crippen molar-refractivity contribution in [3.63, 3.8) is 0 Å². The van der Waals surface area contributed by atoms with E-state index >= 15 is 0 Å². The highest BCUT2D eigenvalue weighted by atomic mass is 79.9. The number of aliphatic carboxylic acids is 1. The van der Waals surface area contributed by atoms with Crippen molar-refractivity contribution in [3.05, 3.63) is 34.1 Å². The van der Waals surface area contributed by atoms with Gasteiger partial charge in [-0.15, -0.1) is 0 Å². The lowest BCUT2D eigenvalue weighted by Crippen LogP contribution is -2.24. The van der Waals surface area contributed by atoms with E-state index in [9.17, 15) is 9.18 Å². The van der Waals surface area contributed by atoms with Gasteiger partial charge in [-0.2, -0.15) is 0 Å². The summed E-state index contributed by atoms with van der Waals surface area (Å²) in [6.45, 7) is 2.54. The highest BCUT2D eigenvalue weighted by molar-refractivity contribution is 9.10. The normalized spacial score (nSPS) is 12.7. The number of hydrogen-bond acceptors (Lipinski definition) is 2. The van der Waals surface area contributed by atoms with E-state index in [1.165, 1.54) is 6.07 Å². The second kappa shape index (κ2) is 6.85. The highest BCUT2D eigenvalue weighted by Crippen LogP contribution is 2.24. The van der Waals surface area contributed by atoms with Crippen LogP contribution >= 0.6 is 15.9 Å². The number of rotatable bonds is 6. The Hall–Kier alpha value is -0.940. The Kier molecular flexibility index (Phi) is 5.75. The van der Waals surface area contributed by atoms with E-state index in [-0.39, 0.29) is 18.3 Å². The summed E-state index contributed by atoms with van der Waals surface area (Å²) >= 11 is 3.22. The minimum absolute atomic E-state index is 0.0769. The monoisotopic (exact) mass is 317 g/mol. The fourth-order valence-electron chi connectivity index (χ4n) is 1.75. The zero-order valence-corrected chi connectivity index (χ0v) is 12.1. The van der Waals surface area contributed by atoms with Crippen LogP contribution in [0.3, 0.4) is 0 Å². The molecule has 1 unspecified atom stereocenters. The molecule has 100 valence electrons. The third-order valence-corrected chi connectivity index (χ3v) is 3.47. The van der Waals surface area contributed by atoms with E-state index in [0.717, 1.165) is 0 Å². The minimum atomic E-state index is -0.800. The van der Waals surface area contributed by atoms with Gasteiger partial charge in [0.15, 0.2) is 0 Å². The van der Waals surface area contributed by atoms with Gasteiger partial charge in [0.2, 0.25) is 0 Å². The van der Waals surface area contributed by atoms with Gasteiger partial charge in [-0.25, -0.2) is 4.39 Å². The lowest BCUT2D eigenvalue weighted by Gasteiger charge is -2.25. The topological polar surface area (TPSA) is 40.5 Å². The fourth-order valence-corrected chi connectivity index (χ4v) is 2.08. The summed E-state index contributed by atoms with van der Waals surface area (Å²) in [4.78, 5) is 12.4. The van der Waals surface area contributed by atoms with Gasteiger partial charge in [-0.05, 0) is 39.1 Å². The van der Waals surface area contributed by atoms with Gasteiger partial charge in [0.1, 0.15) is 5.82 Å². The average Bonchev–Trinajstić information content (AvgIpc) is 2.27. The zero-order valence-electron chi connectivity index (χ0n) is 10.5. The van der Waals surface area contributed by atoms with Crippen LogP contribution in [-0.2, 0) is 4.79 Å². The molecule has 0 aliphatic carbocycles. The van der Waals surface area contributed by atoms with Crippen molar-refractivity contribution in [1.82, 2.24) is 4.90 Å². The average molecular weight is 318 g/mol. The van der Waals surface area contributed by atoms with Crippen molar-refractivity contribution in [2.45, 2.75) is 25.8 Å². The smallest absolute Gasteiger partial charge is 0.303 e. The summed E-state index contributed by atoms with van der Waals surface area (Å²) < 4.78 is 14.5. The molecule has 1 aromatic rings. The Morgan fingerprint density at radius 2 is 2.22 bits per heavy atom. The molecule has 0 saturated carbocycles. The summed E-state index contributed by atoms with van der Waals surface area (Å²) in [6.07, 6.45) is 0.703. The Morgan fingerprint density at radius 3 is 2.78 bits per heavy atom. The molecule has 0 aliphatic rings. The van der Waals surface area contributed by atoms with Crippen LogP contribution in [0.25, 0.3) is 0 Å². The van der Waals surface area contributed by atoms with Crippen LogP contribution in [0.2, 0.25) is 0 Å². The quantitative estimate of drug-likeness (QED) is 0.873. The molecule has 0 fully saturated rings. The van der Waals surface area contributed by atoms with Crippen molar-refractivity contribution < 1.29 is 14.3 Å². The Balaban J connectivity index is 2.62. The molecule has 0 saturated heterocycles. The first-order valence-corrected chi connectivity index (χ1v) is 6.58. The molecule has 18 heavy (non-hydrogen) atoms. The van der Waals surface area contributed by atoms with E-state index < -0.39 is 5.97 Å². The summed E-state index contributed by atoms with van der Waals surface area (Å²) in [5.74, 6) is -1.05.